The molecule has 0 amide bonds. The first kappa shape index (κ1) is 20.5. The highest BCUT2D eigenvalue weighted by molar-refractivity contribution is 7.89. The number of hydrogen-bond acceptors (Lipinski definition) is 3. The summed E-state index contributed by atoms with van der Waals surface area (Å²) in [5.41, 5.74) is 2.67. The average molecular weight is 379 g/mol. The van der Waals surface area contributed by atoms with Gasteiger partial charge in [-0.1, -0.05) is 36.4 Å². The quantitative estimate of drug-likeness (QED) is 0.448. The molecule has 1 aliphatic heterocycles. The van der Waals surface area contributed by atoms with Crippen molar-refractivity contribution in [2.24, 2.45) is 4.99 Å². The van der Waals surface area contributed by atoms with Crippen LogP contribution in [0.25, 0.3) is 5.57 Å². The molecule has 0 atom stereocenters. The Balaban J connectivity index is 1.81. The Morgan fingerprint density at radius 2 is 2.04 bits per heavy atom. The summed E-state index contributed by atoms with van der Waals surface area (Å²) in [5, 5.41) is 3.34. The van der Waals surface area contributed by atoms with Gasteiger partial charge >= 0.3 is 0 Å². The second-order valence-corrected chi connectivity index (χ2v) is 8.71. The normalized spacial score (nSPS) is 15.9. The van der Waals surface area contributed by atoms with Crippen molar-refractivity contribution < 1.29 is 8.42 Å². The maximum Gasteiger partial charge on any atom is 0.213 e. The molecule has 144 valence electrons. The van der Waals surface area contributed by atoms with Crippen molar-refractivity contribution >= 4 is 21.6 Å². The third kappa shape index (κ3) is 5.57. The minimum Gasteiger partial charge on any atom is -0.356 e. The molecule has 0 unspecified atom stereocenters. The van der Waals surface area contributed by atoms with Gasteiger partial charge < -0.3 is 10.2 Å². The zero-order valence-electron chi connectivity index (χ0n) is 16.0. The van der Waals surface area contributed by atoms with E-state index >= 15 is 0 Å². The van der Waals surface area contributed by atoms with Gasteiger partial charge in [0.05, 0.1) is 5.75 Å². The van der Waals surface area contributed by atoms with Crippen molar-refractivity contribution in [3.8, 4) is 0 Å². The van der Waals surface area contributed by atoms with Crippen molar-refractivity contribution in [2.45, 2.75) is 19.8 Å². The van der Waals surface area contributed by atoms with Crippen LogP contribution in [-0.4, -0.2) is 69.6 Å². The first-order valence-corrected chi connectivity index (χ1v) is 10.7. The standard InChI is InChI=1S/C19H30N4O2S/c1-4-26(24,25)22(3)14-8-13-21-19(20-2)23-15-11-18(12-16-23)17-9-6-5-7-10-17/h5-7,9-11H,4,8,12-16H2,1-3H3,(H,20,21). The van der Waals surface area contributed by atoms with Crippen molar-refractivity contribution in [3.63, 3.8) is 0 Å². The van der Waals surface area contributed by atoms with Crippen molar-refractivity contribution in [2.75, 3.05) is 46.0 Å². The molecular weight excluding hydrogens is 348 g/mol. The van der Waals surface area contributed by atoms with E-state index in [-0.39, 0.29) is 5.75 Å². The Hall–Kier alpha value is -1.86. The maximum atomic E-state index is 11.7. The van der Waals surface area contributed by atoms with Gasteiger partial charge in [0.15, 0.2) is 5.96 Å². The SMILES string of the molecule is CCS(=O)(=O)N(C)CCCNC(=NC)N1CC=C(c2ccccc2)CC1. The van der Waals surface area contributed by atoms with E-state index < -0.39 is 10.0 Å². The summed E-state index contributed by atoms with van der Waals surface area (Å²) in [7, 11) is 0.317. The van der Waals surface area contributed by atoms with Crippen LogP contribution in [0.5, 0.6) is 0 Å². The van der Waals surface area contributed by atoms with E-state index in [1.165, 1.54) is 15.4 Å². The van der Waals surface area contributed by atoms with Crippen LogP contribution in [-0.2, 0) is 10.0 Å². The lowest BCUT2D eigenvalue weighted by atomic mass is 10.00. The summed E-state index contributed by atoms with van der Waals surface area (Å²) in [5.74, 6) is 1.01. The summed E-state index contributed by atoms with van der Waals surface area (Å²) >= 11 is 0. The molecule has 1 aliphatic rings. The zero-order chi connectivity index (χ0) is 19.0. The maximum absolute atomic E-state index is 11.7. The lowest BCUT2D eigenvalue weighted by Crippen LogP contribution is -2.44. The summed E-state index contributed by atoms with van der Waals surface area (Å²) in [6, 6.07) is 10.5. The molecule has 6 nitrogen and oxygen atoms in total. The fraction of sp³-hybridized carbons (Fsp3) is 0.526. The monoisotopic (exact) mass is 378 g/mol. The van der Waals surface area contributed by atoms with Crippen LogP contribution in [0.15, 0.2) is 41.4 Å². The second-order valence-electron chi connectivity index (χ2n) is 6.34. The highest BCUT2D eigenvalue weighted by atomic mass is 32.2. The van der Waals surface area contributed by atoms with Gasteiger partial charge in [0, 0.05) is 40.3 Å². The van der Waals surface area contributed by atoms with E-state index in [2.05, 4.69) is 45.6 Å². The molecule has 0 aliphatic carbocycles. The molecule has 0 saturated heterocycles. The fourth-order valence-corrected chi connectivity index (χ4v) is 3.82. The molecule has 1 N–H and O–H groups in total. The number of nitrogens with one attached hydrogen (secondary N) is 1. The largest absolute Gasteiger partial charge is 0.356 e. The molecule has 2 rings (SSSR count). The van der Waals surface area contributed by atoms with E-state index in [0.29, 0.717) is 13.1 Å². The van der Waals surface area contributed by atoms with Crippen LogP contribution in [0.4, 0.5) is 0 Å². The van der Waals surface area contributed by atoms with Gasteiger partial charge in [-0.25, -0.2) is 12.7 Å². The predicted octanol–water partition coefficient (Wildman–Crippen LogP) is 2.02. The Labute approximate surface area is 157 Å². The first-order valence-electron chi connectivity index (χ1n) is 9.12. The molecular formula is C19H30N4O2S. The molecule has 26 heavy (non-hydrogen) atoms. The number of guanidine groups is 1. The zero-order valence-corrected chi connectivity index (χ0v) is 16.8. The minimum absolute atomic E-state index is 0.141. The molecule has 1 aromatic rings. The number of aliphatic imine (C=N–C) groups is 1. The molecule has 1 heterocycles. The summed E-state index contributed by atoms with van der Waals surface area (Å²) < 4.78 is 24.9. The van der Waals surface area contributed by atoms with E-state index in [9.17, 15) is 8.42 Å². The molecule has 1 aromatic carbocycles. The molecule has 0 aromatic heterocycles. The highest BCUT2D eigenvalue weighted by Gasteiger charge is 2.17. The number of nitrogens with zero attached hydrogens (tertiary/aromatic N) is 3. The first-order chi connectivity index (χ1) is 12.5. The van der Waals surface area contributed by atoms with E-state index in [4.69, 9.17) is 0 Å². The van der Waals surface area contributed by atoms with E-state index in [1.807, 2.05) is 6.07 Å². The topological polar surface area (TPSA) is 65.0 Å². The van der Waals surface area contributed by atoms with Crippen LogP contribution in [0.3, 0.4) is 0 Å². The van der Waals surface area contributed by atoms with Crippen molar-refractivity contribution in [1.82, 2.24) is 14.5 Å². The number of benzene rings is 1. The lowest BCUT2D eigenvalue weighted by Gasteiger charge is -2.30. The number of hydrogen-bond donors (Lipinski definition) is 1. The summed E-state index contributed by atoms with van der Waals surface area (Å²) in [6.07, 6.45) is 3.99. The van der Waals surface area contributed by atoms with Gasteiger partial charge in [-0.3, -0.25) is 4.99 Å². The van der Waals surface area contributed by atoms with Crippen LogP contribution in [0.1, 0.15) is 25.3 Å². The molecule has 0 radical (unpaired) electrons. The Morgan fingerprint density at radius 3 is 2.62 bits per heavy atom. The lowest BCUT2D eigenvalue weighted by molar-refractivity contribution is 0.431. The Bertz CT molecular complexity index is 729. The number of rotatable bonds is 7. The third-order valence-corrected chi connectivity index (χ3v) is 6.50. The average Bonchev–Trinajstić information content (AvgIpc) is 2.68. The van der Waals surface area contributed by atoms with Crippen molar-refractivity contribution in [1.29, 1.82) is 0 Å². The Kier molecular flexibility index (Phi) is 7.66. The highest BCUT2D eigenvalue weighted by Crippen LogP contribution is 2.21. The minimum atomic E-state index is -3.10. The van der Waals surface area contributed by atoms with Crippen LogP contribution in [0, 0.1) is 0 Å². The van der Waals surface area contributed by atoms with Crippen LogP contribution in [0.2, 0.25) is 0 Å². The van der Waals surface area contributed by atoms with Gasteiger partial charge in [-0.2, -0.15) is 0 Å². The molecule has 0 bridgehead atoms. The molecule has 0 saturated carbocycles. The molecule has 0 spiro atoms. The van der Waals surface area contributed by atoms with E-state index in [1.54, 1.807) is 21.0 Å². The smallest absolute Gasteiger partial charge is 0.213 e. The van der Waals surface area contributed by atoms with Gasteiger partial charge in [0.25, 0.3) is 0 Å². The summed E-state index contributed by atoms with van der Waals surface area (Å²) in [6.45, 7) is 4.62. The van der Waals surface area contributed by atoms with Gasteiger partial charge in [-0.05, 0) is 30.9 Å². The second kappa shape index (κ2) is 9.73. The van der Waals surface area contributed by atoms with Crippen LogP contribution >= 0.6 is 0 Å². The Morgan fingerprint density at radius 1 is 1.31 bits per heavy atom. The van der Waals surface area contributed by atoms with Gasteiger partial charge in [0.2, 0.25) is 10.0 Å². The van der Waals surface area contributed by atoms with Gasteiger partial charge in [-0.15, -0.1) is 0 Å². The van der Waals surface area contributed by atoms with Crippen LogP contribution < -0.4 is 5.32 Å². The number of sulfonamides is 1. The van der Waals surface area contributed by atoms with E-state index in [0.717, 1.165) is 31.9 Å². The third-order valence-electron chi connectivity index (χ3n) is 4.64. The molecule has 0 fully saturated rings. The predicted molar refractivity (Wildman–Crippen MR) is 109 cm³/mol. The molecule has 7 heteroatoms. The summed E-state index contributed by atoms with van der Waals surface area (Å²) in [4.78, 5) is 6.58. The van der Waals surface area contributed by atoms with Crippen molar-refractivity contribution in [3.05, 3.63) is 42.0 Å². The van der Waals surface area contributed by atoms with Gasteiger partial charge in [0.1, 0.15) is 0 Å². The fourth-order valence-electron chi connectivity index (χ4n) is 2.97.